The Kier molecular flexibility index (Phi) is 5.22. The summed E-state index contributed by atoms with van der Waals surface area (Å²) < 4.78 is 14.9. The highest BCUT2D eigenvalue weighted by molar-refractivity contribution is 8.00. The van der Waals surface area contributed by atoms with Gasteiger partial charge in [0.05, 0.1) is 21.0 Å². The van der Waals surface area contributed by atoms with Crippen LogP contribution in [0.5, 0.6) is 0 Å². The predicted octanol–water partition coefficient (Wildman–Crippen LogP) is 4.93. The number of fused-ring (bicyclic) bond motifs is 1. The van der Waals surface area contributed by atoms with Crippen LogP contribution in [0.3, 0.4) is 0 Å². The summed E-state index contributed by atoms with van der Waals surface area (Å²) in [5.74, 6) is 0.372. The van der Waals surface area contributed by atoms with Crippen LogP contribution in [-0.2, 0) is 4.79 Å². The summed E-state index contributed by atoms with van der Waals surface area (Å²) in [6, 6.07) is 14.8. The fourth-order valence-corrected chi connectivity index (χ4v) is 5.20. The first kappa shape index (κ1) is 17.5. The number of rotatable bonds is 4. The van der Waals surface area contributed by atoms with E-state index in [-0.39, 0.29) is 17.5 Å². The number of carbonyl (C=O) groups is 1. The van der Waals surface area contributed by atoms with Gasteiger partial charge in [-0.25, -0.2) is 9.37 Å². The monoisotopic (exact) mass is 386 g/mol. The molecule has 1 atom stereocenters. The van der Waals surface area contributed by atoms with Crippen LogP contribution >= 0.6 is 23.1 Å². The highest BCUT2D eigenvalue weighted by Crippen LogP contribution is 2.33. The largest absolute Gasteiger partial charge is 0.341 e. The van der Waals surface area contributed by atoms with Gasteiger partial charge in [-0.2, -0.15) is 0 Å². The number of benzene rings is 2. The van der Waals surface area contributed by atoms with Crippen LogP contribution in [0.25, 0.3) is 10.2 Å². The number of thioether (sulfide) groups is 1. The van der Waals surface area contributed by atoms with Crippen LogP contribution in [0.15, 0.2) is 53.4 Å². The number of amides is 1. The Bertz CT molecular complexity index is 894. The molecule has 1 saturated heterocycles. The van der Waals surface area contributed by atoms with Gasteiger partial charge >= 0.3 is 0 Å². The molecule has 1 aliphatic heterocycles. The summed E-state index contributed by atoms with van der Waals surface area (Å²) in [6.07, 6.45) is 2.04. The van der Waals surface area contributed by atoms with Gasteiger partial charge in [-0.3, -0.25) is 4.79 Å². The fourth-order valence-electron chi connectivity index (χ4n) is 3.26. The summed E-state index contributed by atoms with van der Waals surface area (Å²) in [5.41, 5.74) is 1.03. The summed E-state index contributed by atoms with van der Waals surface area (Å²) in [4.78, 5) is 19.8. The Hall–Kier alpha value is -1.92. The number of hydrogen-bond donors (Lipinski definition) is 0. The Morgan fingerprint density at radius 1 is 1.23 bits per heavy atom. The predicted molar refractivity (Wildman–Crippen MR) is 105 cm³/mol. The summed E-state index contributed by atoms with van der Waals surface area (Å²) >= 11 is 3.00. The van der Waals surface area contributed by atoms with E-state index in [4.69, 9.17) is 4.98 Å². The maximum Gasteiger partial charge on any atom is 0.232 e. The van der Waals surface area contributed by atoms with Gasteiger partial charge in [0.15, 0.2) is 0 Å². The molecule has 2 heterocycles. The van der Waals surface area contributed by atoms with Gasteiger partial charge in [0, 0.05) is 23.9 Å². The molecule has 6 heteroatoms. The van der Waals surface area contributed by atoms with Crippen molar-refractivity contribution in [3.63, 3.8) is 0 Å². The quantitative estimate of drug-likeness (QED) is 0.596. The van der Waals surface area contributed by atoms with Crippen LogP contribution in [-0.4, -0.2) is 34.6 Å². The summed E-state index contributed by atoms with van der Waals surface area (Å²) in [5, 5.41) is 1.12. The van der Waals surface area contributed by atoms with Gasteiger partial charge in [-0.15, -0.1) is 23.1 Å². The maximum atomic E-state index is 13.7. The standard InChI is InChI=1S/C20H19FN2OS2/c21-15-7-1-3-9-17(15)25-13-19(24)23-11-5-6-14(12-23)20-22-16-8-2-4-10-18(16)26-20/h1-4,7-10,14H,5-6,11-13H2. The first-order valence-electron chi connectivity index (χ1n) is 8.71. The van der Waals surface area contributed by atoms with Crippen molar-refractivity contribution in [1.29, 1.82) is 0 Å². The minimum atomic E-state index is -0.267. The van der Waals surface area contributed by atoms with Crippen molar-refractivity contribution in [3.8, 4) is 0 Å². The average molecular weight is 387 g/mol. The van der Waals surface area contributed by atoms with Crippen LogP contribution in [0.4, 0.5) is 4.39 Å². The van der Waals surface area contributed by atoms with E-state index >= 15 is 0 Å². The molecule has 0 saturated carbocycles. The molecule has 0 bridgehead atoms. The molecule has 1 unspecified atom stereocenters. The van der Waals surface area contributed by atoms with Gasteiger partial charge in [0.25, 0.3) is 0 Å². The molecule has 3 aromatic rings. The molecular formula is C20H19FN2OS2. The highest BCUT2D eigenvalue weighted by Gasteiger charge is 2.27. The minimum absolute atomic E-state index is 0.0732. The van der Waals surface area contributed by atoms with Crippen molar-refractivity contribution in [3.05, 3.63) is 59.4 Å². The normalized spacial score (nSPS) is 17.6. The van der Waals surface area contributed by atoms with Crippen molar-refractivity contribution in [2.24, 2.45) is 0 Å². The third-order valence-electron chi connectivity index (χ3n) is 4.62. The molecule has 134 valence electrons. The minimum Gasteiger partial charge on any atom is -0.341 e. The number of carbonyl (C=O) groups excluding carboxylic acids is 1. The molecule has 4 rings (SSSR count). The Labute approximate surface area is 160 Å². The Balaban J connectivity index is 1.41. The van der Waals surface area contributed by atoms with E-state index in [1.807, 2.05) is 23.1 Å². The van der Waals surface area contributed by atoms with Crippen LogP contribution < -0.4 is 0 Å². The van der Waals surface area contributed by atoms with Crippen molar-refractivity contribution in [2.75, 3.05) is 18.8 Å². The first-order valence-corrected chi connectivity index (χ1v) is 10.5. The zero-order valence-electron chi connectivity index (χ0n) is 14.2. The number of piperidine rings is 1. The fraction of sp³-hybridized carbons (Fsp3) is 0.300. The van der Waals surface area contributed by atoms with Gasteiger partial charge < -0.3 is 4.90 Å². The second-order valence-corrected chi connectivity index (χ2v) is 8.50. The van der Waals surface area contributed by atoms with E-state index in [1.165, 1.54) is 22.5 Å². The van der Waals surface area contributed by atoms with Crippen LogP contribution in [0.2, 0.25) is 0 Å². The SMILES string of the molecule is O=C(CSc1ccccc1F)N1CCCC(c2nc3ccccc3s2)C1. The molecular weight excluding hydrogens is 367 g/mol. The summed E-state index contributed by atoms with van der Waals surface area (Å²) in [7, 11) is 0. The maximum absolute atomic E-state index is 13.7. The number of halogens is 1. The molecule has 26 heavy (non-hydrogen) atoms. The molecule has 2 aromatic carbocycles. The van der Waals surface area contributed by atoms with Gasteiger partial charge in [0.2, 0.25) is 5.91 Å². The van der Waals surface area contributed by atoms with E-state index in [0.717, 1.165) is 29.9 Å². The molecule has 0 N–H and O–H groups in total. The topological polar surface area (TPSA) is 33.2 Å². The molecule has 3 nitrogen and oxygen atoms in total. The van der Waals surface area contributed by atoms with Crippen molar-refractivity contribution < 1.29 is 9.18 Å². The lowest BCUT2D eigenvalue weighted by molar-refractivity contribution is -0.129. The van der Waals surface area contributed by atoms with Gasteiger partial charge in [-0.1, -0.05) is 24.3 Å². The van der Waals surface area contributed by atoms with Crippen LogP contribution in [0.1, 0.15) is 23.8 Å². The molecule has 0 spiro atoms. The number of thiazole rings is 1. The number of likely N-dealkylation sites (tertiary alicyclic amines) is 1. The van der Waals surface area contributed by atoms with Crippen molar-refractivity contribution in [2.45, 2.75) is 23.7 Å². The second kappa shape index (κ2) is 7.76. The molecule has 1 aromatic heterocycles. The molecule has 1 fully saturated rings. The lowest BCUT2D eigenvalue weighted by Gasteiger charge is -2.31. The van der Waals surface area contributed by atoms with Crippen molar-refractivity contribution in [1.82, 2.24) is 9.88 Å². The van der Waals surface area contributed by atoms with Crippen LogP contribution in [0, 0.1) is 5.82 Å². The molecule has 1 amide bonds. The van der Waals surface area contributed by atoms with Crippen molar-refractivity contribution >= 4 is 39.2 Å². The van der Waals surface area contributed by atoms with E-state index in [9.17, 15) is 9.18 Å². The molecule has 1 aliphatic rings. The zero-order valence-corrected chi connectivity index (χ0v) is 15.9. The van der Waals surface area contributed by atoms with E-state index in [1.54, 1.807) is 29.5 Å². The van der Waals surface area contributed by atoms with E-state index in [0.29, 0.717) is 17.4 Å². The number of para-hydroxylation sites is 1. The van der Waals surface area contributed by atoms with E-state index < -0.39 is 0 Å². The number of aromatic nitrogens is 1. The zero-order chi connectivity index (χ0) is 17.9. The second-order valence-electron chi connectivity index (χ2n) is 6.42. The Morgan fingerprint density at radius 3 is 2.88 bits per heavy atom. The van der Waals surface area contributed by atoms with Gasteiger partial charge in [0.1, 0.15) is 5.82 Å². The third kappa shape index (κ3) is 3.76. The molecule has 0 aliphatic carbocycles. The average Bonchev–Trinajstić information content (AvgIpc) is 3.11. The summed E-state index contributed by atoms with van der Waals surface area (Å²) in [6.45, 7) is 1.48. The number of nitrogens with zero attached hydrogens (tertiary/aromatic N) is 2. The number of hydrogen-bond acceptors (Lipinski definition) is 4. The lowest BCUT2D eigenvalue weighted by Crippen LogP contribution is -2.40. The molecule has 0 radical (unpaired) electrons. The first-order chi connectivity index (χ1) is 12.7. The Morgan fingerprint density at radius 2 is 2.04 bits per heavy atom. The smallest absolute Gasteiger partial charge is 0.232 e. The third-order valence-corrected chi connectivity index (χ3v) is 6.85. The lowest BCUT2D eigenvalue weighted by atomic mass is 9.99. The van der Waals surface area contributed by atoms with E-state index in [2.05, 4.69) is 6.07 Å². The highest BCUT2D eigenvalue weighted by atomic mass is 32.2. The van der Waals surface area contributed by atoms with Gasteiger partial charge in [-0.05, 0) is 37.1 Å².